The van der Waals surface area contributed by atoms with Crippen LogP contribution in [0.3, 0.4) is 0 Å². The van der Waals surface area contributed by atoms with Gasteiger partial charge in [-0.15, -0.1) is 0 Å². The van der Waals surface area contributed by atoms with Gasteiger partial charge in [-0.2, -0.15) is 0 Å². The Morgan fingerprint density at radius 1 is 1.67 bits per heavy atom. The molecule has 1 N–H and O–H groups in total. The van der Waals surface area contributed by atoms with E-state index in [1.807, 2.05) is 0 Å². The average Bonchev–Trinajstić information content (AvgIpc) is 1.35. The molecule has 0 spiro atoms. The molecule has 0 aliphatic rings. The lowest BCUT2D eigenvalue weighted by Gasteiger charge is -2.12. The van der Waals surface area contributed by atoms with Crippen LogP contribution >= 0.6 is 0 Å². The third-order valence-electron chi connectivity index (χ3n) is 0.353. The summed E-state index contributed by atoms with van der Waals surface area (Å²) in [6, 6.07) is 0. The highest BCUT2D eigenvalue weighted by atomic mass is 16.6. The fourth-order valence-corrected chi connectivity index (χ4v) is 0. The molecular weight excluding hydrogens is 80.0 g/mol. The Bertz CT molecular complexity index is 35.3. The fraction of sp³-hybridized carbons (Fsp3) is 0.750. The van der Waals surface area contributed by atoms with E-state index in [4.69, 9.17) is 5.11 Å². The quantitative estimate of drug-likeness (QED) is 0.474. The molecule has 0 bridgehead atoms. The van der Waals surface area contributed by atoms with E-state index in [2.05, 4.69) is 11.8 Å². The first-order valence-electron chi connectivity index (χ1n) is 1.72. The second kappa shape index (κ2) is 1.58. The molecule has 0 atom stereocenters. The molecule has 0 aliphatic heterocycles. The lowest BCUT2D eigenvalue weighted by Crippen LogP contribution is -2.19. The number of ether oxygens (including phenoxy) is 1. The summed E-state index contributed by atoms with van der Waals surface area (Å²) in [5.74, 6) is -1.07. The first-order chi connectivity index (χ1) is 2.56. The third-order valence-corrected chi connectivity index (χ3v) is 0.353. The van der Waals surface area contributed by atoms with E-state index in [1.165, 1.54) is 13.8 Å². The minimum absolute atomic E-state index is 1.07. The maximum atomic E-state index is 8.54. The van der Waals surface area contributed by atoms with Gasteiger partial charge in [-0.05, 0) is 13.8 Å². The van der Waals surface area contributed by atoms with Crippen LogP contribution in [0.25, 0.3) is 0 Å². The van der Waals surface area contributed by atoms with Crippen molar-refractivity contribution in [2.45, 2.75) is 19.6 Å². The lowest BCUT2D eigenvalue weighted by atomic mass is 10.4. The monoisotopic (exact) mass is 89.1 g/mol. The van der Waals surface area contributed by atoms with Gasteiger partial charge in [0.05, 0.1) is 7.11 Å². The molecule has 37 valence electrons. The summed E-state index contributed by atoms with van der Waals surface area (Å²) in [4.78, 5) is 0. The van der Waals surface area contributed by atoms with Crippen molar-refractivity contribution in [3.8, 4) is 0 Å². The zero-order valence-electron chi connectivity index (χ0n) is 4.06. The van der Waals surface area contributed by atoms with Crippen LogP contribution in [0.5, 0.6) is 0 Å². The average molecular weight is 89.1 g/mol. The van der Waals surface area contributed by atoms with Crippen molar-refractivity contribution >= 4 is 0 Å². The molecule has 0 saturated carbocycles. The van der Waals surface area contributed by atoms with Crippen molar-refractivity contribution in [2.24, 2.45) is 0 Å². The maximum absolute atomic E-state index is 8.54. The molecule has 0 rings (SSSR count). The molecule has 0 fully saturated rings. The standard InChI is InChI=1S/C4H9O2/c1-4(2,5)6-3/h5H,3H2,1-2H3. The lowest BCUT2D eigenvalue weighted by molar-refractivity contribution is -0.138. The number of hydrogen-bond acceptors (Lipinski definition) is 2. The van der Waals surface area contributed by atoms with Gasteiger partial charge in [0.1, 0.15) is 0 Å². The molecule has 0 aromatic heterocycles. The van der Waals surface area contributed by atoms with E-state index in [0.717, 1.165) is 0 Å². The molecule has 2 nitrogen and oxygen atoms in total. The van der Waals surface area contributed by atoms with Gasteiger partial charge in [0.25, 0.3) is 0 Å². The molecule has 2 heteroatoms. The van der Waals surface area contributed by atoms with Crippen LogP contribution in [0.15, 0.2) is 0 Å². The van der Waals surface area contributed by atoms with Gasteiger partial charge in [0, 0.05) is 0 Å². The normalized spacial score (nSPS) is 12.0. The van der Waals surface area contributed by atoms with E-state index in [1.54, 1.807) is 0 Å². The van der Waals surface area contributed by atoms with Crippen molar-refractivity contribution in [1.29, 1.82) is 0 Å². The van der Waals surface area contributed by atoms with Gasteiger partial charge in [0.15, 0.2) is 5.79 Å². The smallest absolute Gasteiger partial charge is 0.159 e. The fourth-order valence-electron chi connectivity index (χ4n) is 0. The Labute approximate surface area is 37.7 Å². The van der Waals surface area contributed by atoms with Gasteiger partial charge < -0.3 is 9.84 Å². The minimum Gasteiger partial charge on any atom is -0.366 e. The van der Waals surface area contributed by atoms with Crippen LogP contribution in [0.4, 0.5) is 0 Å². The summed E-state index contributed by atoms with van der Waals surface area (Å²) < 4.78 is 4.24. The van der Waals surface area contributed by atoms with Gasteiger partial charge in [-0.25, -0.2) is 0 Å². The third kappa shape index (κ3) is 3.92. The van der Waals surface area contributed by atoms with Crippen molar-refractivity contribution in [3.63, 3.8) is 0 Å². The molecule has 6 heavy (non-hydrogen) atoms. The Balaban J connectivity index is 3.17. The van der Waals surface area contributed by atoms with Crippen LogP contribution in [0.2, 0.25) is 0 Å². The first-order valence-corrected chi connectivity index (χ1v) is 1.72. The van der Waals surface area contributed by atoms with Gasteiger partial charge >= 0.3 is 0 Å². The Morgan fingerprint density at radius 2 is 1.83 bits per heavy atom. The molecule has 0 saturated heterocycles. The Morgan fingerprint density at radius 3 is 1.83 bits per heavy atom. The van der Waals surface area contributed by atoms with E-state index in [9.17, 15) is 0 Å². The maximum Gasteiger partial charge on any atom is 0.159 e. The largest absolute Gasteiger partial charge is 0.366 e. The molecule has 0 aliphatic carbocycles. The molecule has 0 unspecified atom stereocenters. The van der Waals surface area contributed by atoms with Crippen LogP contribution in [0.1, 0.15) is 13.8 Å². The summed E-state index contributed by atoms with van der Waals surface area (Å²) in [5.41, 5.74) is 0. The van der Waals surface area contributed by atoms with Gasteiger partial charge in [-0.3, -0.25) is 0 Å². The van der Waals surface area contributed by atoms with E-state index in [-0.39, 0.29) is 0 Å². The molecule has 0 heterocycles. The van der Waals surface area contributed by atoms with Crippen molar-refractivity contribution in [1.82, 2.24) is 0 Å². The number of rotatable bonds is 1. The molecule has 1 radical (unpaired) electrons. The number of hydrogen-bond donors (Lipinski definition) is 1. The second-order valence-corrected chi connectivity index (χ2v) is 1.59. The molecule has 0 aromatic carbocycles. The summed E-state index contributed by atoms with van der Waals surface area (Å²) in [7, 11) is 3.01. The topological polar surface area (TPSA) is 29.5 Å². The van der Waals surface area contributed by atoms with Crippen LogP contribution in [-0.4, -0.2) is 10.9 Å². The van der Waals surface area contributed by atoms with Crippen molar-refractivity contribution in [3.05, 3.63) is 7.11 Å². The van der Waals surface area contributed by atoms with Crippen molar-refractivity contribution < 1.29 is 9.84 Å². The first kappa shape index (κ1) is 5.92. The van der Waals surface area contributed by atoms with Crippen LogP contribution < -0.4 is 0 Å². The Kier molecular flexibility index (Phi) is 1.56. The molecule has 0 amide bonds. The highest BCUT2D eigenvalue weighted by Gasteiger charge is 2.06. The predicted molar refractivity (Wildman–Crippen MR) is 22.7 cm³/mol. The van der Waals surface area contributed by atoms with E-state index < -0.39 is 5.79 Å². The van der Waals surface area contributed by atoms with Gasteiger partial charge in [-0.1, -0.05) is 0 Å². The summed E-state index contributed by atoms with van der Waals surface area (Å²) in [6.45, 7) is 3.03. The van der Waals surface area contributed by atoms with Crippen molar-refractivity contribution in [2.75, 3.05) is 0 Å². The summed E-state index contributed by atoms with van der Waals surface area (Å²) >= 11 is 0. The van der Waals surface area contributed by atoms with E-state index in [0.29, 0.717) is 0 Å². The highest BCUT2D eigenvalue weighted by molar-refractivity contribution is 4.44. The number of aliphatic hydroxyl groups is 1. The zero-order chi connectivity index (χ0) is 5.21. The van der Waals surface area contributed by atoms with E-state index >= 15 is 0 Å². The summed E-state index contributed by atoms with van der Waals surface area (Å²) in [6.07, 6.45) is 0. The molecule has 0 aromatic rings. The predicted octanol–water partition coefficient (Wildman–Crippen LogP) is 0.523. The molecular formula is C4H9O2. The Hall–Kier alpha value is -0.0800. The SMILES string of the molecule is [CH2]OC(C)(C)O. The highest BCUT2D eigenvalue weighted by Crippen LogP contribution is 1.98. The van der Waals surface area contributed by atoms with Gasteiger partial charge in [0.2, 0.25) is 0 Å². The summed E-state index contributed by atoms with van der Waals surface area (Å²) in [5, 5.41) is 8.54. The zero-order valence-corrected chi connectivity index (χ0v) is 4.06. The van der Waals surface area contributed by atoms with Crippen LogP contribution in [-0.2, 0) is 4.74 Å². The minimum atomic E-state index is -1.07. The second-order valence-electron chi connectivity index (χ2n) is 1.59. The van der Waals surface area contributed by atoms with Crippen LogP contribution in [0, 0.1) is 7.11 Å².